The van der Waals surface area contributed by atoms with Gasteiger partial charge >= 0.3 is 0 Å². The molecule has 2 saturated heterocycles. The number of aromatic nitrogens is 3. The molecule has 2 aromatic heterocycles. The minimum Gasteiger partial charge on any atom is -0.461 e. The van der Waals surface area contributed by atoms with E-state index in [-0.39, 0.29) is 17.9 Å². The number of hydrogen-bond donors (Lipinski definition) is 1. The zero-order valence-electron chi connectivity index (χ0n) is 20.7. The van der Waals surface area contributed by atoms with Gasteiger partial charge in [-0.05, 0) is 42.9 Å². The Bertz CT molecular complexity index is 1240. The average Bonchev–Trinajstić information content (AvgIpc) is 3.56. The SMILES string of the molecule is CC(C)C(=O)N1C[C@H]2C[C@H](Oc3nc4nc(-c5ccc(N6CCOCC6)cc5)c(Cl)cc4[nH]3)C[C@H]2C1. The van der Waals surface area contributed by atoms with E-state index in [9.17, 15) is 4.79 Å². The molecule has 1 N–H and O–H groups in total. The van der Waals surface area contributed by atoms with E-state index in [0.717, 1.165) is 63.3 Å². The van der Waals surface area contributed by atoms with Crippen LogP contribution in [0.15, 0.2) is 30.3 Å². The van der Waals surface area contributed by atoms with E-state index in [1.54, 1.807) is 0 Å². The van der Waals surface area contributed by atoms with E-state index >= 15 is 0 Å². The van der Waals surface area contributed by atoms with Crippen molar-refractivity contribution >= 4 is 34.4 Å². The first-order valence-corrected chi connectivity index (χ1v) is 13.3. The highest BCUT2D eigenvalue weighted by Crippen LogP contribution is 2.40. The molecule has 0 spiro atoms. The zero-order chi connectivity index (χ0) is 24.8. The van der Waals surface area contributed by atoms with E-state index in [4.69, 9.17) is 26.1 Å². The molecule has 1 saturated carbocycles. The van der Waals surface area contributed by atoms with Crippen LogP contribution in [0.2, 0.25) is 5.02 Å². The molecule has 6 rings (SSSR count). The number of nitrogens with zero attached hydrogens (tertiary/aromatic N) is 4. The molecule has 190 valence electrons. The van der Waals surface area contributed by atoms with E-state index < -0.39 is 0 Å². The van der Waals surface area contributed by atoms with Crippen molar-refractivity contribution in [3.05, 3.63) is 35.4 Å². The molecule has 1 amide bonds. The Hall–Kier alpha value is -2.84. The zero-order valence-corrected chi connectivity index (χ0v) is 21.5. The van der Waals surface area contributed by atoms with Crippen molar-refractivity contribution < 1.29 is 14.3 Å². The fraction of sp³-hybridized carbons (Fsp3) is 0.519. The van der Waals surface area contributed by atoms with Crippen LogP contribution in [0.4, 0.5) is 5.69 Å². The lowest BCUT2D eigenvalue weighted by molar-refractivity contribution is -0.133. The average molecular weight is 510 g/mol. The maximum absolute atomic E-state index is 12.4. The number of ether oxygens (including phenoxy) is 2. The molecule has 0 radical (unpaired) electrons. The largest absolute Gasteiger partial charge is 0.461 e. The number of benzene rings is 1. The van der Waals surface area contributed by atoms with Gasteiger partial charge in [0.05, 0.1) is 29.4 Å². The molecular weight excluding hydrogens is 478 g/mol. The second-order valence-corrected chi connectivity index (χ2v) is 10.9. The molecule has 0 bridgehead atoms. The molecule has 36 heavy (non-hydrogen) atoms. The van der Waals surface area contributed by atoms with Crippen molar-refractivity contribution in [1.29, 1.82) is 0 Å². The second-order valence-electron chi connectivity index (χ2n) is 10.5. The van der Waals surface area contributed by atoms with Crippen LogP contribution < -0.4 is 9.64 Å². The lowest BCUT2D eigenvalue weighted by Crippen LogP contribution is -2.36. The number of anilines is 1. The van der Waals surface area contributed by atoms with Gasteiger partial charge in [-0.15, -0.1) is 0 Å². The third-order valence-electron chi connectivity index (χ3n) is 7.71. The summed E-state index contributed by atoms with van der Waals surface area (Å²) in [5.74, 6) is 1.32. The fourth-order valence-electron chi connectivity index (χ4n) is 5.85. The number of fused-ring (bicyclic) bond motifs is 2. The Balaban J connectivity index is 1.14. The summed E-state index contributed by atoms with van der Waals surface area (Å²) >= 11 is 6.62. The number of likely N-dealkylation sites (tertiary alicyclic amines) is 1. The van der Waals surface area contributed by atoms with Crippen LogP contribution in [0.3, 0.4) is 0 Å². The van der Waals surface area contributed by atoms with Gasteiger partial charge in [0.15, 0.2) is 5.65 Å². The van der Waals surface area contributed by atoms with Crippen LogP contribution in [0.5, 0.6) is 6.01 Å². The van der Waals surface area contributed by atoms with Crippen molar-refractivity contribution in [1.82, 2.24) is 19.9 Å². The highest BCUT2D eigenvalue weighted by atomic mass is 35.5. The molecule has 3 fully saturated rings. The van der Waals surface area contributed by atoms with Crippen molar-refractivity contribution in [3.63, 3.8) is 0 Å². The highest BCUT2D eigenvalue weighted by Gasteiger charge is 2.43. The van der Waals surface area contributed by atoms with Gasteiger partial charge in [0.25, 0.3) is 6.01 Å². The predicted octanol–water partition coefficient (Wildman–Crippen LogP) is 4.39. The Morgan fingerprint density at radius 1 is 1.11 bits per heavy atom. The molecule has 9 heteroatoms. The number of imidazole rings is 1. The number of hydrogen-bond acceptors (Lipinski definition) is 6. The van der Waals surface area contributed by atoms with Gasteiger partial charge in [-0.3, -0.25) is 4.79 Å². The second kappa shape index (κ2) is 9.56. The quantitative estimate of drug-likeness (QED) is 0.549. The van der Waals surface area contributed by atoms with Crippen molar-refractivity contribution in [2.45, 2.75) is 32.8 Å². The molecule has 4 heterocycles. The normalized spacial score (nSPS) is 24.1. The van der Waals surface area contributed by atoms with E-state index in [1.165, 1.54) is 5.69 Å². The van der Waals surface area contributed by atoms with Crippen LogP contribution >= 0.6 is 11.6 Å². The van der Waals surface area contributed by atoms with Crippen LogP contribution in [0.1, 0.15) is 26.7 Å². The van der Waals surface area contributed by atoms with Crippen LogP contribution in [0, 0.1) is 17.8 Å². The lowest BCUT2D eigenvalue weighted by atomic mass is 10.0. The number of carbonyl (C=O) groups is 1. The van der Waals surface area contributed by atoms with Gasteiger partial charge in [0.2, 0.25) is 5.91 Å². The number of pyridine rings is 1. The number of halogens is 1. The first-order valence-electron chi connectivity index (χ1n) is 12.9. The van der Waals surface area contributed by atoms with Crippen molar-refractivity contribution in [2.24, 2.45) is 17.8 Å². The highest BCUT2D eigenvalue weighted by molar-refractivity contribution is 6.33. The Kier molecular flexibility index (Phi) is 6.25. The molecule has 8 nitrogen and oxygen atoms in total. The minimum absolute atomic E-state index is 0.0540. The third kappa shape index (κ3) is 4.52. The van der Waals surface area contributed by atoms with Gasteiger partial charge in [-0.25, -0.2) is 4.98 Å². The summed E-state index contributed by atoms with van der Waals surface area (Å²) in [6.07, 6.45) is 1.98. The first kappa shape index (κ1) is 23.6. The third-order valence-corrected chi connectivity index (χ3v) is 8.00. The Morgan fingerprint density at radius 3 is 2.47 bits per heavy atom. The number of rotatable bonds is 5. The molecule has 2 aliphatic heterocycles. The number of amides is 1. The van der Waals surface area contributed by atoms with Crippen LogP contribution in [0.25, 0.3) is 22.4 Å². The first-order chi connectivity index (χ1) is 17.4. The summed E-state index contributed by atoms with van der Waals surface area (Å²) in [4.78, 5) is 29.3. The summed E-state index contributed by atoms with van der Waals surface area (Å²) in [5, 5.41) is 0.571. The van der Waals surface area contributed by atoms with E-state index in [1.807, 2.05) is 24.8 Å². The van der Waals surface area contributed by atoms with Gasteiger partial charge in [0, 0.05) is 43.3 Å². The van der Waals surface area contributed by atoms with E-state index in [0.29, 0.717) is 34.2 Å². The van der Waals surface area contributed by atoms with E-state index in [2.05, 4.69) is 39.1 Å². The summed E-state index contributed by atoms with van der Waals surface area (Å²) in [7, 11) is 0. The van der Waals surface area contributed by atoms with Gasteiger partial charge in [0.1, 0.15) is 6.10 Å². The lowest BCUT2D eigenvalue weighted by Gasteiger charge is -2.28. The molecule has 1 aliphatic carbocycles. The van der Waals surface area contributed by atoms with Crippen LogP contribution in [-0.2, 0) is 9.53 Å². The molecule has 0 unspecified atom stereocenters. The monoisotopic (exact) mass is 509 g/mol. The molecular formula is C27H32ClN5O3. The number of morpholine rings is 1. The molecule has 3 atom stereocenters. The molecule has 3 aliphatic rings. The number of nitrogens with one attached hydrogen (secondary N) is 1. The van der Waals surface area contributed by atoms with Gasteiger partial charge in [-0.2, -0.15) is 4.98 Å². The summed E-state index contributed by atoms with van der Waals surface area (Å²) in [6.45, 7) is 8.93. The minimum atomic E-state index is 0.0540. The molecule has 3 aromatic rings. The smallest absolute Gasteiger partial charge is 0.296 e. The standard InChI is InChI=1S/C27H32ClN5O3/c1-16(2)26(34)33-14-18-11-21(12-19(18)15-33)36-27-29-23-13-22(28)24(30-25(23)31-27)17-3-5-20(6-4-17)32-7-9-35-10-8-32/h3-6,13,16,18-19,21H,7-12,14-15H2,1-2H3,(H,29,30,31)/t18-,19+,21+. The Labute approximate surface area is 215 Å². The maximum atomic E-state index is 12.4. The summed E-state index contributed by atoms with van der Waals surface area (Å²) < 4.78 is 11.7. The van der Waals surface area contributed by atoms with Crippen LogP contribution in [-0.4, -0.2) is 71.3 Å². The van der Waals surface area contributed by atoms with Gasteiger partial charge < -0.3 is 24.3 Å². The fourth-order valence-corrected chi connectivity index (χ4v) is 6.11. The summed E-state index contributed by atoms with van der Waals surface area (Å²) in [5.41, 5.74) is 4.19. The number of H-pyrrole nitrogens is 1. The Morgan fingerprint density at radius 2 is 1.81 bits per heavy atom. The van der Waals surface area contributed by atoms with Gasteiger partial charge in [-0.1, -0.05) is 37.6 Å². The topological polar surface area (TPSA) is 83.6 Å². The maximum Gasteiger partial charge on any atom is 0.296 e. The predicted molar refractivity (Wildman–Crippen MR) is 139 cm³/mol. The van der Waals surface area contributed by atoms with Crippen molar-refractivity contribution in [3.8, 4) is 17.3 Å². The number of carbonyl (C=O) groups excluding carboxylic acids is 1. The summed E-state index contributed by atoms with van der Waals surface area (Å²) in [6, 6.07) is 10.7. The van der Waals surface area contributed by atoms with Crippen molar-refractivity contribution in [2.75, 3.05) is 44.3 Å². The molecule has 1 aromatic carbocycles. The number of aromatic amines is 1.